The number of aliphatic carboxylic acids is 1. The van der Waals surface area contributed by atoms with E-state index in [4.69, 9.17) is 32.2 Å². The third-order valence-electron chi connectivity index (χ3n) is 24.7. The Labute approximate surface area is 710 Å². The number of Topliss-reactive ketones (excluding diaryl/α,β-unsaturated/α-hetero) is 2. The molecule has 34 heteroatoms. The number of phenolic OH excluding ortho intramolecular Hbond substituents is 1. The number of amides is 10. The second-order valence-corrected chi connectivity index (χ2v) is 38.8. The Bertz CT molecular complexity index is 4040. The normalized spacial score (nSPS) is 22.6. The molecule has 3 saturated carbocycles. The van der Waals surface area contributed by atoms with E-state index in [1.54, 1.807) is 46.8 Å². The van der Waals surface area contributed by atoms with Crippen LogP contribution in [0.25, 0.3) is 0 Å². The van der Waals surface area contributed by atoms with Crippen molar-refractivity contribution in [2.75, 3.05) is 32.7 Å². The first-order chi connectivity index (χ1) is 56.4. The van der Waals surface area contributed by atoms with E-state index in [-0.39, 0.29) is 156 Å². The summed E-state index contributed by atoms with van der Waals surface area (Å²) in [5, 5.41) is 36.7. The lowest BCUT2D eigenvalue weighted by atomic mass is 9.45. The van der Waals surface area contributed by atoms with E-state index in [9.17, 15) is 63.0 Å². The molecule has 120 heavy (non-hydrogen) atoms. The number of carbonyl (C=O) groups is 13. The number of likely N-dealkylation sites (tertiary alicyclic amines) is 3. The van der Waals surface area contributed by atoms with Crippen molar-refractivity contribution < 1.29 is 81.9 Å². The number of benzene rings is 2. The number of aromatic hydroxyl groups is 1. The van der Waals surface area contributed by atoms with Crippen LogP contribution >= 0.6 is 11.8 Å². The Hall–Kier alpha value is -9.18. The summed E-state index contributed by atoms with van der Waals surface area (Å²) in [6, 6.07) is 7.19. The predicted octanol–water partition coefficient (Wildman–Crippen LogP) is 5.04. The molecule has 1 unspecified atom stereocenters. The van der Waals surface area contributed by atoms with Crippen molar-refractivity contribution in [2.24, 2.45) is 79.3 Å². The number of imide groups is 1. The monoisotopic (exact) mass is 1690 g/mol. The molecule has 2 aromatic carbocycles. The minimum absolute atomic E-state index is 0.00295. The molecule has 2 aromatic rings. The van der Waals surface area contributed by atoms with E-state index in [1.165, 1.54) is 33.8 Å². The minimum Gasteiger partial charge on any atom is -0.508 e. The number of carboxylic acid groups (broad SMARTS) is 1. The van der Waals surface area contributed by atoms with Gasteiger partial charge in [0.2, 0.25) is 59.1 Å². The number of thioether (sulfide) groups is 1. The number of rotatable bonds is 45. The summed E-state index contributed by atoms with van der Waals surface area (Å²) < 4.78 is 12.2. The second-order valence-electron chi connectivity index (χ2n) is 37.0. The zero-order valence-electron chi connectivity index (χ0n) is 72.4. The fourth-order valence-electron chi connectivity index (χ4n) is 17.9. The third kappa shape index (κ3) is 26.2. The Kier molecular flexibility index (Phi) is 34.1. The summed E-state index contributed by atoms with van der Waals surface area (Å²) in [4.78, 5) is 197. The quantitative estimate of drug-likeness (QED) is 0.0136. The average molecular weight is 1690 g/mol. The van der Waals surface area contributed by atoms with E-state index < -0.39 is 166 Å². The molecule has 16 N–H and O–H groups in total. The molecule has 9 rings (SSSR count). The van der Waals surface area contributed by atoms with Gasteiger partial charge in [0.15, 0.2) is 23.5 Å². The number of ketones is 2. The molecule has 7 fully saturated rings. The molecular weight excluding hydrogens is 1560 g/mol. The first-order valence-corrected chi connectivity index (χ1v) is 43.7. The van der Waals surface area contributed by atoms with Gasteiger partial charge in [0.05, 0.1) is 40.9 Å². The first-order valence-electron chi connectivity index (χ1n) is 42.8. The number of guanidine groups is 2. The number of hydrogen-bond acceptors (Lipinski definition) is 19. The van der Waals surface area contributed by atoms with Crippen LogP contribution in [0.1, 0.15) is 223 Å². The number of nitrogens with two attached hydrogens (primary N) is 4. The Morgan fingerprint density at radius 1 is 0.658 bits per heavy atom. The maximum atomic E-state index is 15.1. The van der Waals surface area contributed by atoms with Crippen molar-refractivity contribution >= 4 is 107 Å². The number of unbranched alkanes of at least 4 members (excludes halogenated alkanes) is 2. The van der Waals surface area contributed by atoms with Gasteiger partial charge in [-0.15, -0.1) is 11.8 Å². The lowest BCUT2D eigenvalue weighted by Crippen LogP contribution is -2.63. The Balaban J connectivity index is 0.869. The van der Waals surface area contributed by atoms with Gasteiger partial charge in [0, 0.05) is 82.4 Å². The maximum Gasteiger partial charge on any atom is 0.481 e. The Morgan fingerprint density at radius 3 is 1.78 bits per heavy atom. The van der Waals surface area contributed by atoms with Crippen LogP contribution in [-0.4, -0.2) is 223 Å². The molecule has 10 amide bonds. The standard InChI is InChI=1S/C86H132BN15O17S/c1-49(2)40-62(77(113)100-38-22-28-63(100)75(111)97-60(27-21-36-93-82(90)91)66(106)46-58(83(6,7)8)73(109)96-59(26-20-35-92-81(88)89)65(105)44-54(80(116)117)42-53-31-33-56(104)34-32-53)98-76(112)64-29-23-39-101(64)79(115)71(94-51(5)103)85(11,12)120-67-47-70(108)102(78(67)114)37-19-15-18-30-69(107)95-61(43-52-24-16-14-17-25-52)74(110)99-68(41-50(3)4)87-118-72-57-45-55(84(57,9)10)48-86(72,13)119-87/h14,16-17,24-25,31-34,49-50,54-55,57-64,67-68,71-72,104H,15,18-23,26-30,35-48H2,1-13H3,(H,94,103)(H,95,107)(H,96,109)(H,97,111)(H,98,112)(H,99,110)(H,116,117)(H4,88,89,92)(H4,90,91,93)/t54-,55-,57+,58-,59+,60+,61+,62+,63+,64+,67?,68+,71-,72-,86+/m1/s1. The first kappa shape index (κ1) is 96.3. The van der Waals surface area contributed by atoms with Crippen LogP contribution in [0.5, 0.6) is 5.75 Å². The van der Waals surface area contributed by atoms with Gasteiger partial charge < -0.3 is 84.2 Å². The largest absolute Gasteiger partial charge is 0.508 e. The van der Waals surface area contributed by atoms with Crippen LogP contribution in [-0.2, 0) is 84.5 Å². The van der Waals surface area contributed by atoms with Gasteiger partial charge in [-0.2, -0.15) is 0 Å². The van der Waals surface area contributed by atoms with Crippen LogP contribution in [0.15, 0.2) is 64.6 Å². The van der Waals surface area contributed by atoms with E-state index in [0.29, 0.717) is 55.9 Å². The van der Waals surface area contributed by atoms with Gasteiger partial charge in [0.1, 0.15) is 36.0 Å². The predicted molar refractivity (Wildman–Crippen MR) is 456 cm³/mol. The van der Waals surface area contributed by atoms with Crippen molar-refractivity contribution in [1.82, 2.24) is 46.6 Å². The van der Waals surface area contributed by atoms with Gasteiger partial charge >= 0.3 is 13.1 Å². The highest BCUT2D eigenvalue weighted by Crippen LogP contribution is 2.65. The summed E-state index contributed by atoms with van der Waals surface area (Å²) in [6.45, 7) is 24.8. The highest BCUT2D eigenvalue weighted by molar-refractivity contribution is 8.02. The van der Waals surface area contributed by atoms with Gasteiger partial charge in [-0.25, -0.2) is 0 Å². The average Bonchev–Trinajstić information content (AvgIpc) is 1.46. The molecular formula is C86H132BN15O17S. The van der Waals surface area contributed by atoms with Crippen molar-refractivity contribution in [3.63, 3.8) is 0 Å². The number of phenols is 1. The topological polar surface area (TPSA) is 492 Å². The fraction of sp³-hybridized carbons (Fsp3) is 0.686. The van der Waals surface area contributed by atoms with Crippen molar-refractivity contribution in [3.05, 3.63) is 65.7 Å². The van der Waals surface area contributed by atoms with E-state index >= 15 is 9.59 Å². The lowest BCUT2D eigenvalue weighted by Gasteiger charge is -2.63. The molecule has 15 atom stereocenters. The van der Waals surface area contributed by atoms with E-state index in [0.717, 1.165) is 30.2 Å². The molecule has 0 spiro atoms. The number of carbonyl (C=O) groups excluding carboxylic acids is 12. The summed E-state index contributed by atoms with van der Waals surface area (Å²) in [5.74, 6) is -10.1. The molecule has 0 radical (unpaired) electrons. The summed E-state index contributed by atoms with van der Waals surface area (Å²) in [6.07, 6.45) is 4.51. The molecule has 32 nitrogen and oxygen atoms in total. The minimum atomic E-state index is -1.31. The summed E-state index contributed by atoms with van der Waals surface area (Å²) >= 11 is 1.06. The highest BCUT2D eigenvalue weighted by Gasteiger charge is 2.67. The molecule has 662 valence electrons. The zero-order chi connectivity index (χ0) is 88.5. The third-order valence-corrected chi connectivity index (χ3v) is 26.1. The van der Waals surface area contributed by atoms with Crippen LogP contribution in [0.3, 0.4) is 0 Å². The van der Waals surface area contributed by atoms with E-state index in [2.05, 4.69) is 76.5 Å². The second kappa shape index (κ2) is 42.6. The summed E-state index contributed by atoms with van der Waals surface area (Å²) in [5.41, 5.74) is 22.6. The number of nitrogens with one attached hydrogen (secondary N) is 6. The molecule has 4 heterocycles. The van der Waals surface area contributed by atoms with Crippen molar-refractivity contribution in [2.45, 2.75) is 295 Å². The highest BCUT2D eigenvalue weighted by atomic mass is 32.2. The van der Waals surface area contributed by atoms with Crippen LogP contribution in [0.4, 0.5) is 0 Å². The number of carboxylic acids is 1. The molecule has 4 aliphatic heterocycles. The van der Waals surface area contributed by atoms with Gasteiger partial charge in [-0.1, -0.05) is 111 Å². The molecule has 2 bridgehead atoms. The van der Waals surface area contributed by atoms with Crippen LogP contribution < -0.4 is 54.8 Å². The summed E-state index contributed by atoms with van der Waals surface area (Å²) in [7, 11) is -0.649. The van der Waals surface area contributed by atoms with Gasteiger partial charge in [-0.3, -0.25) is 77.2 Å². The van der Waals surface area contributed by atoms with E-state index in [1.807, 2.05) is 44.2 Å². The number of hydrogen-bond donors (Lipinski definition) is 12. The number of nitrogens with zero attached hydrogens (tertiary/aromatic N) is 5. The molecule has 4 saturated heterocycles. The van der Waals surface area contributed by atoms with Crippen LogP contribution in [0, 0.1) is 46.3 Å². The fourth-order valence-corrected chi connectivity index (χ4v) is 19.4. The smallest absolute Gasteiger partial charge is 0.481 e. The van der Waals surface area contributed by atoms with Crippen molar-refractivity contribution in [1.29, 1.82) is 0 Å². The number of aliphatic imine (C=N–C) groups is 2. The van der Waals surface area contributed by atoms with Crippen LogP contribution in [0.2, 0.25) is 0 Å². The van der Waals surface area contributed by atoms with Gasteiger partial charge in [0.25, 0.3) is 0 Å². The zero-order valence-corrected chi connectivity index (χ0v) is 73.2. The van der Waals surface area contributed by atoms with Gasteiger partial charge in [-0.05, 0) is 175 Å². The molecule has 7 aliphatic rings. The Morgan fingerprint density at radius 2 is 1.23 bits per heavy atom. The van der Waals surface area contributed by atoms with Crippen molar-refractivity contribution in [3.8, 4) is 5.75 Å². The molecule has 3 aliphatic carbocycles. The maximum absolute atomic E-state index is 15.1. The lowest BCUT2D eigenvalue weighted by molar-refractivity contribution is -0.185. The SMILES string of the molecule is CC(=O)N[C@H](C(=O)N1CCC[C@H]1C(=O)N[C@@H](CC(C)C)C(=O)N1CCC[C@H]1C(=O)N[C@@H](CCCN=C(N)N)C(=O)C[C@H](C(=O)N[C@@H](CCCN=C(N)N)C(=O)C[C@@H](Cc1ccc(O)cc1)C(=O)O)C(C)(C)C)C(C)(C)SC1CC(=O)N(CCCCCC(=O)N[C@@H](Cc2ccccc2)C(=O)N[C@@H](CC(C)C)B2O[C@@H]3[C@@H]4C[C@H](C[C@]3(C)O2)C4(C)C)C1=O. The molecule has 0 aromatic heterocycles.